The summed E-state index contributed by atoms with van der Waals surface area (Å²) in [5.74, 6) is -1.71. The van der Waals surface area contributed by atoms with Gasteiger partial charge in [-0.05, 0) is 36.2 Å². The van der Waals surface area contributed by atoms with Crippen LogP contribution in [0.25, 0.3) is 10.9 Å². The zero-order chi connectivity index (χ0) is 21.0. The van der Waals surface area contributed by atoms with Crippen molar-refractivity contribution in [2.24, 2.45) is 5.73 Å². The highest BCUT2D eigenvalue weighted by molar-refractivity contribution is 7.89. The first-order chi connectivity index (χ1) is 13.8. The molecular weight excluding hydrogens is 394 g/mol. The predicted octanol–water partition coefficient (Wildman–Crippen LogP) is 1.39. The lowest BCUT2D eigenvalue weighted by molar-refractivity contribution is -0.149. The van der Waals surface area contributed by atoms with Crippen LogP contribution in [0.3, 0.4) is 0 Å². The second-order valence-electron chi connectivity index (χ2n) is 6.63. The Hall–Kier alpha value is -3.17. The number of hydrogen-bond acceptors (Lipinski definition) is 5. The molecule has 0 saturated carbocycles. The number of hydrogen-bond donors (Lipinski definition) is 3. The fourth-order valence-corrected chi connectivity index (χ4v) is 4.26. The number of esters is 1. The normalized spacial score (nSPS) is 12.6. The van der Waals surface area contributed by atoms with Crippen LogP contribution in [-0.4, -0.2) is 37.9 Å². The number of ether oxygens (including phenoxy) is 1. The Kier molecular flexibility index (Phi) is 6.00. The topological polar surface area (TPSA) is 131 Å². The summed E-state index contributed by atoms with van der Waals surface area (Å²) in [5.41, 5.74) is 7.37. The molecule has 0 spiro atoms. The number of aromatic nitrogens is 1. The highest BCUT2D eigenvalue weighted by Gasteiger charge is 2.28. The van der Waals surface area contributed by atoms with Crippen LogP contribution in [0.2, 0.25) is 0 Å². The summed E-state index contributed by atoms with van der Waals surface area (Å²) in [6, 6.07) is 12.5. The van der Waals surface area contributed by atoms with E-state index in [1.807, 2.05) is 24.3 Å². The molecule has 0 saturated heterocycles. The Morgan fingerprint density at radius 1 is 1.17 bits per heavy atom. The third kappa shape index (κ3) is 5.01. The first-order valence-electron chi connectivity index (χ1n) is 8.85. The molecular formula is C20H21N3O5S. The second kappa shape index (κ2) is 8.46. The zero-order valence-electron chi connectivity index (χ0n) is 15.7. The summed E-state index contributed by atoms with van der Waals surface area (Å²) < 4.78 is 32.9. The smallest absolute Gasteiger partial charge is 0.325 e. The minimum Gasteiger partial charge on any atom is -0.454 e. The Morgan fingerprint density at radius 2 is 1.93 bits per heavy atom. The van der Waals surface area contributed by atoms with Crippen molar-refractivity contribution in [2.45, 2.75) is 24.3 Å². The minimum absolute atomic E-state index is 0.0316. The lowest BCUT2D eigenvalue weighted by Crippen LogP contribution is -2.44. The predicted molar refractivity (Wildman–Crippen MR) is 107 cm³/mol. The Bertz CT molecular complexity index is 1150. The number of fused-ring (bicyclic) bond motifs is 1. The molecule has 0 fully saturated rings. The maximum Gasteiger partial charge on any atom is 0.325 e. The van der Waals surface area contributed by atoms with E-state index in [9.17, 15) is 18.0 Å². The van der Waals surface area contributed by atoms with Crippen molar-refractivity contribution in [1.29, 1.82) is 0 Å². The molecule has 8 nitrogen and oxygen atoms in total. The number of amides is 1. The van der Waals surface area contributed by atoms with E-state index < -0.39 is 34.5 Å². The Morgan fingerprint density at radius 3 is 2.66 bits per heavy atom. The standard InChI is InChI=1S/C20H21N3O5S/c1-13-5-4-6-15(9-13)29(26,27)23-18(20(25)28-12-19(21)24)10-14-11-22-17-8-3-2-7-16(14)17/h2-9,11,18,22-23H,10,12H2,1H3,(H2,21,24)/t18-/m0/s1. The van der Waals surface area contributed by atoms with Crippen molar-refractivity contribution in [2.75, 3.05) is 6.61 Å². The first kappa shape index (κ1) is 20.6. The van der Waals surface area contributed by atoms with Crippen LogP contribution in [0.15, 0.2) is 59.6 Å². The number of primary amides is 1. The van der Waals surface area contributed by atoms with Gasteiger partial charge in [0.15, 0.2) is 6.61 Å². The number of carbonyl (C=O) groups is 2. The van der Waals surface area contributed by atoms with Gasteiger partial charge < -0.3 is 15.5 Å². The third-order valence-electron chi connectivity index (χ3n) is 4.34. The molecule has 3 aromatic rings. The largest absolute Gasteiger partial charge is 0.454 e. The summed E-state index contributed by atoms with van der Waals surface area (Å²) in [6.45, 7) is 1.14. The first-order valence-corrected chi connectivity index (χ1v) is 10.3. The molecule has 29 heavy (non-hydrogen) atoms. The summed E-state index contributed by atoms with van der Waals surface area (Å²) in [5, 5.41) is 0.856. The van der Waals surface area contributed by atoms with Crippen molar-refractivity contribution in [3.05, 3.63) is 65.9 Å². The average molecular weight is 415 g/mol. The van der Waals surface area contributed by atoms with Crippen molar-refractivity contribution in [3.63, 3.8) is 0 Å². The molecule has 152 valence electrons. The molecule has 0 unspecified atom stereocenters. The van der Waals surface area contributed by atoms with Gasteiger partial charge in [0.05, 0.1) is 4.90 Å². The maximum absolute atomic E-state index is 12.8. The highest BCUT2D eigenvalue weighted by Crippen LogP contribution is 2.20. The maximum atomic E-state index is 12.8. The van der Waals surface area contributed by atoms with Gasteiger partial charge in [-0.2, -0.15) is 4.72 Å². The molecule has 0 aliphatic rings. The Balaban J connectivity index is 1.90. The molecule has 0 bridgehead atoms. The van der Waals surface area contributed by atoms with Crippen molar-refractivity contribution in [1.82, 2.24) is 9.71 Å². The van der Waals surface area contributed by atoms with Crippen molar-refractivity contribution >= 4 is 32.8 Å². The molecule has 9 heteroatoms. The second-order valence-corrected chi connectivity index (χ2v) is 8.34. The number of sulfonamides is 1. The lowest BCUT2D eigenvalue weighted by atomic mass is 10.1. The number of nitrogens with one attached hydrogen (secondary N) is 2. The van der Waals surface area contributed by atoms with E-state index in [0.29, 0.717) is 0 Å². The SMILES string of the molecule is Cc1cccc(S(=O)(=O)N[C@@H](Cc2c[nH]c3ccccc23)C(=O)OCC(N)=O)c1. The fraction of sp³-hybridized carbons (Fsp3) is 0.200. The molecule has 0 aliphatic heterocycles. The van der Waals surface area contributed by atoms with E-state index in [0.717, 1.165) is 22.0 Å². The van der Waals surface area contributed by atoms with Crippen LogP contribution in [-0.2, 0) is 30.8 Å². The highest BCUT2D eigenvalue weighted by atomic mass is 32.2. The van der Waals surface area contributed by atoms with E-state index in [-0.39, 0.29) is 11.3 Å². The van der Waals surface area contributed by atoms with Gasteiger partial charge in [0.25, 0.3) is 5.91 Å². The number of rotatable bonds is 8. The van der Waals surface area contributed by atoms with E-state index >= 15 is 0 Å². The number of nitrogens with two attached hydrogens (primary N) is 1. The number of aryl methyl sites for hydroxylation is 1. The van der Waals surface area contributed by atoms with Crippen LogP contribution in [0.4, 0.5) is 0 Å². The van der Waals surface area contributed by atoms with Crippen LogP contribution in [0.5, 0.6) is 0 Å². The molecule has 1 aromatic heterocycles. The van der Waals surface area contributed by atoms with Gasteiger partial charge in [0.2, 0.25) is 10.0 Å². The number of aromatic amines is 1. The molecule has 0 aliphatic carbocycles. The van der Waals surface area contributed by atoms with Crippen LogP contribution < -0.4 is 10.5 Å². The lowest BCUT2D eigenvalue weighted by Gasteiger charge is -2.17. The van der Waals surface area contributed by atoms with Crippen molar-refractivity contribution in [3.8, 4) is 0 Å². The molecule has 1 heterocycles. The fourth-order valence-electron chi connectivity index (χ4n) is 2.97. The molecule has 0 radical (unpaired) electrons. The molecule has 4 N–H and O–H groups in total. The Labute approximate surface area is 168 Å². The molecule has 2 aromatic carbocycles. The third-order valence-corrected chi connectivity index (χ3v) is 5.81. The monoisotopic (exact) mass is 415 g/mol. The van der Waals surface area contributed by atoms with E-state index in [1.54, 1.807) is 25.3 Å². The summed E-state index contributed by atoms with van der Waals surface area (Å²) >= 11 is 0. The van der Waals surface area contributed by atoms with Gasteiger partial charge in [0, 0.05) is 23.5 Å². The molecule has 3 rings (SSSR count). The van der Waals surface area contributed by atoms with Crippen LogP contribution in [0.1, 0.15) is 11.1 Å². The summed E-state index contributed by atoms with van der Waals surface area (Å²) in [6.07, 6.45) is 1.74. The van der Waals surface area contributed by atoms with E-state index in [1.165, 1.54) is 12.1 Å². The van der Waals surface area contributed by atoms with E-state index in [4.69, 9.17) is 10.5 Å². The quantitative estimate of drug-likeness (QED) is 0.479. The summed E-state index contributed by atoms with van der Waals surface area (Å²) in [4.78, 5) is 26.6. The van der Waals surface area contributed by atoms with Gasteiger partial charge in [-0.25, -0.2) is 8.42 Å². The van der Waals surface area contributed by atoms with Crippen LogP contribution in [0, 0.1) is 6.92 Å². The van der Waals surface area contributed by atoms with Gasteiger partial charge >= 0.3 is 5.97 Å². The number of H-pyrrole nitrogens is 1. The summed E-state index contributed by atoms with van der Waals surface area (Å²) in [7, 11) is -4.00. The molecule has 1 amide bonds. The number of carbonyl (C=O) groups excluding carboxylic acids is 2. The zero-order valence-corrected chi connectivity index (χ0v) is 16.5. The van der Waals surface area contributed by atoms with Crippen LogP contribution >= 0.6 is 0 Å². The van der Waals surface area contributed by atoms with Crippen molar-refractivity contribution < 1.29 is 22.7 Å². The molecule has 1 atom stereocenters. The van der Waals surface area contributed by atoms with Gasteiger partial charge in [-0.3, -0.25) is 9.59 Å². The average Bonchev–Trinajstić information content (AvgIpc) is 3.08. The van der Waals surface area contributed by atoms with Gasteiger partial charge in [-0.1, -0.05) is 30.3 Å². The van der Waals surface area contributed by atoms with E-state index in [2.05, 4.69) is 9.71 Å². The minimum atomic E-state index is -4.00. The number of benzene rings is 2. The van der Waals surface area contributed by atoms with Gasteiger partial charge in [0.1, 0.15) is 6.04 Å². The van der Waals surface area contributed by atoms with Gasteiger partial charge in [-0.15, -0.1) is 0 Å². The number of para-hydroxylation sites is 1.